The Bertz CT molecular complexity index is 778. The van der Waals surface area contributed by atoms with Gasteiger partial charge >= 0.3 is 0 Å². The Labute approximate surface area is 150 Å². The van der Waals surface area contributed by atoms with E-state index >= 15 is 0 Å². The van der Waals surface area contributed by atoms with Crippen LogP contribution in [0.4, 0.5) is 0 Å². The molecule has 24 heavy (non-hydrogen) atoms. The summed E-state index contributed by atoms with van der Waals surface area (Å²) in [5.74, 6) is -1.03. The summed E-state index contributed by atoms with van der Waals surface area (Å²) in [6, 6.07) is 4.86. The Morgan fingerprint density at radius 2 is 2.00 bits per heavy atom. The number of hydrogen-bond donors (Lipinski definition) is 2. The molecule has 9 heteroatoms. The first-order chi connectivity index (χ1) is 11.2. The number of rotatable bonds is 4. The Morgan fingerprint density at radius 1 is 1.25 bits per heavy atom. The average Bonchev–Trinajstić information content (AvgIpc) is 2.83. The van der Waals surface area contributed by atoms with Gasteiger partial charge in [0.25, 0.3) is 5.91 Å². The van der Waals surface area contributed by atoms with Crippen molar-refractivity contribution < 1.29 is 18.0 Å². The molecule has 130 valence electrons. The van der Waals surface area contributed by atoms with Crippen molar-refractivity contribution in [2.45, 2.75) is 12.8 Å². The molecule has 0 unspecified atom stereocenters. The number of carbonyl (C=O) groups is 2. The molecule has 2 N–H and O–H groups in total. The van der Waals surface area contributed by atoms with Gasteiger partial charge in [0.15, 0.2) is 9.84 Å². The van der Waals surface area contributed by atoms with Crippen LogP contribution in [0.5, 0.6) is 0 Å². The van der Waals surface area contributed by atoms with Crippen LogP contribution in [0.15, 0.2) is 24.3 Å². The number of hydrazine groups is 1. The highest BCUT2D eigenvalue weighted by molar-refractivity contribution is 7.91. The Balaban J connectivity index is 1.78. The summed E-state index contributed by atoms with van der Waals surface area (Å²) >= 11 is 11.8. The van der Waals surface area contributed by atoms with Crippen LogP contribution in [0.2, 0.25) is 10.0 Å². The second-order valence-electron chi connectivity index (χ2n) is 5.51. The van der Waals surface area contributed by atoms with Gasteiger partial charge in [-0.2, -0.15) is 0 Å². The van der Waals surface area contributed by atoms with Crippen LogP contribution in [0.3, 0.4) is 0 Å². The van der Waals surface area contributed by atoms with Crippen LogP contribution in [-0.2, 0) is 19.4 Å². The molecule has 0 radical (unpaired) electrons. The minimum absolute atomic E-state index is 0.0172. The fourth-order valence-corrected chi connectivity index (χ4v) is 4.65. The van der Waals surface area contributed by atoms with Crippen molar-refractivity contribution in [3.8, 4) is 0 Å². The SMILES string of the molecule is O=C(/C=C/c1ccc(Cl)cc1Cl)NNC(=O)C[C@@H]1CCS(=O)(=O)C1. The van der Waals surface area contributed by atoms with Crippen LogP contribution in [0.25, 0.3) is 6.08 Å². The van der Waals surface area contributed by atoms with Crippen LogP contribution in [0.1, 0.15) is 18.4 Å². The van der Waals surface area contributed by atoms with Gasteiger partial charge in [-0.1, -0.05) is 29.3 Å². The molecule has 1 aromatic carbocycles. The van der Waals surface area contributed by atoms with E-state index < -0.39 is 21.7 Å². The van der Waals surface area contributed by atoms with Crippen LogP contribution >= 0.6 is 23.2 Å². The van der Waals surface area contributed by atoms with Gasteiger partial charge in [-0.25, -0.2) is 8.42 Å². The molecule has 0 aromatic heterocycles. The Kier molecular flexibility index (Phi) is 6.26. The molecule has 1 fully saturated rings. The largest absolute Gasteiger partial charge is 0.273 e. The van der Waals surface area contributed by atoms with Crippen LogP contribution < -0.4 is 10.9 Å². The van der Waals surface area contributed by atoms with E-state index in [4.69, 9.17) is 23.2 Å². The first-order valence-electron chi connectivity index (χ1n) is 7.17. The van der Waals surface area contributed by atoms with Crippen molar-refractivity contribution >= 4 is 50.9 Å². The highest BCUT2D eigenvalue weighted by atomic mass is 35.5. The first-order valence-corrected chi connectivity index (χ1v) is 9.75. The predicted molar refractivity (Wildman–Crippen MR) is 93.2 cm³/mol. The summed E-state index contributed by atoms with van der Waals surface area (Å²) in [4.78, 5) is 23.4. The van der Waals surface area contributed by atoms with Crippen molar-refractivity contribution in [2.75, 3.05) is 11.5 Å². The summed E-state index contributed by atoms with van der Waals surface area (Å²) in [6.07, 6.45) is 3.24. The lowest BCUT2D eigenvalue weighted by molar-refractivity contribution is -0.127. The number of sulfone groups is 1. The molecule has 6 nitrogen and oxygen atoms in total. The third-order valence-corrected chi connectivity index (χ3v) is 5.90. The maximum absolute atomic E-state index is 11.7. The fraction of sp³-hybridized carbons (Fsp3) is 0.333. The van der Waals surface area contributed by atoms with E-state index in [-0.39, 0.29) is 23.8 Å². The van der Waals surface area contributed by atoms with Crippen LogP contribution in [0, 0.1) is 5.92 Å². The van der Waals surface area contributed by atoms with Crippen molar-refractivity contribution in [2.24, 2.45) is 5.92 Å². The predicted octanol–water partition coefficient (Wildman–Crippen LogP) is 1.98. The smallest absolute Gasteiger partial charge is 0.262 e. The molecule has 0 aliphatic carbocycles. The number of hydrogen-bond acceptors (Lipinski definition) is 4. The third kappa shape index (κ3) is 5.81. The third-order valence-electron chi connectivity index (χ3n) is 3.50. The van der Waals surface area contributed by atoms with Gasteiger partial charge in [-0.15, -0.1) is 0 Å². The fourth-order valence-electron chi connectivity index (χ4n) is 2.32. The second kappa shape index (κ2) is 8.00. The summed E-state index contributed by atoms with van der Waals surface area (Å²) in [7, 11) is -3.02. The number of nitrogens with one attached hydrogen (secondary N) is 2. The summed E-state index contributed by atoms with van der Waals surface area (Å²) in [5.41, 5.74) is 5.10. The Hall–Kier alpha value is -1.57. The lowest BCUT2D eigenvalue weighted by Crippen LogP contribution is -2.41. The molecule has 0 saturated carbocycles. The lowest BCUT2D eigenvalue weighted by Gasteiger charge is -2.08. The van der Waals surface area contributed by atoms with E-state index in [2.05, 4.69) is 10.9 Å². The zero-order valence-electron chi connectivity index (χ0n) is 12.6. The molecule has 1 aliphatic heterocycles. The quantitative estimate of drug-likeness (QED) is 0.607. The Morgan fingerprint density at radius 3 is 2.62 bits per heavy atom. The molecule has 1 saturated heterocycles. The highest BCUT2D eigenvalue weighted by Crippen LogP contribution is 2.22. The topological polar surface area (TPSA) is 92.3 Å². The van der Waals surface area contributed by atoms with Crippen LogP contribution in [-0.4, -0.2) is 31.7 Å². The summed E-state index contributed by atoms with van der Waals surface area (Å²) in [5, 5.41) is 0.890. The maximum atomic E-state index is 11.7. The van der Waals surface area contributed by atoms with Gasteiger partial charge in [0.1, 0.15) is 0 Å². The highest BCUT2D eigenvalue weighted by Gasteiger charge is 2.29. The molecular weight excluding hydrogens is 375 g/mol. The van der Waals surface area contributed by atoms with Gasteiger partial charge in [0, 0.05) is 22.5 Å². The number of benzene rings is 1. The van der Waals surface area contributed by atoms with Gasteiger partial charge in [-0.05, 0) is 36.1 Å². The zero-order chi connectivity index (χ0) is 17.7. The normalized spacial score (nSPS) is 19.3. The number of carbonyl (C=O) groups excluding carboxylic acids is 2. The van der Waals surface area contributed by atoms with Gasteiger partial charge in [-0.3, -0.25) is 20.4 Å². The van der Waals surface area contributed by atoms with Gasteiger partial charge < -0.3 is 0 Å². The van der Waals surface area contributed by atoms with Crippen molar-refractivity contribution in [3.63, 3.8) is 0 Å². The zero-order valence-corrected chi connectivity index (χ0v) is 14.9. The molecule has 1 aliphatic rings. The number of halogens is 2. The van der Waals surface area contributed by atoms with Crippen molar-refractivity contribution in [1.82, 2.24) is 10.9 Å². The van der Waals surface area contributed by atoms with Gasteiger partial charge in [0.05, 0.1) is 11.5 Å². The molecule has 1 aromatic rings. The molecule has 2 rings (SSSR count). The molecular formula is C15H16Cl2N2O4S. The van der Waals surface area contributed by atoms with E-state index in [1.165, 1.54) is 12.2 Å². The monoisotopic (exact) mass is 390 g/mol. The van der Waals surface area contributed by atoms with E-state index in [9.17, 15) is 18.0 Å². The molecule has 1 heterocycles. The van der Waals surface area contributed by atoms with E-state index in [1.54, 1.807) is 18.2 Å². The molecule has 0 bridgehead atoms. The van der Waals surface area contributed by atoms with E-state index in [1.807, 2.05) is 0 Å². The molecule has 1 atom stereocenters. The summed E-state index contributed by atoms with van der Waals surface area (Å²) < 4.78 is 22.7. The minimum Gasteiger partial charge on any atom is -0.273 e. The second-order valence-corrected chi connectivity index (χ2v) is 8.58. The lowest BCUT2D eigenvalue weighted by atomic mass is 10.1. The number of amides is 2. The van der Waals surface area contributed by atoms with Crippen molar-refractivity contribution in [1.29, 1.82) is 0 Å². The maximum Gasteiger partial charge on any atom is 0.262 e. The summed E-state index contributed by atoms with van der Waals surface area (Å²) in [6.45, 7) is 0. The van der Waals surface area contributed by atoms with E-state index in [0.717, 1.165) is 0 Å². The average molecular weight is 391 g/mol. The molecule has 0 spiro atoms. The standard InChI is InChI=1S/C15H16Cl2N2O4S/c16-12-3-1-11(13(17)8-12)2-4-14(20)18-19-15(21)7-10-5-6-24(22,23)9-10/h1-4,8,10H,5-7,9H2,(H,18,20)(H,19,21)/b4-2+/t10-/m0/s1. The van der Waals surface area contributed by atoms with E-state index in [0.29, 0.717) is 22.0 Å². The molecule has 2 amide bonds. The first kappa shape index (κ1) is 18.8. The van der Waals surface area contributed by atoms with Crippen molar-refractivity contribution in [3.05, 3.63) is 39.9 Å². The minimum atomic E-state index is -3.02. The van der Waals surface area contributed by atoms with Gasteiger partial charge in [0.2, 0.25) is 5.91 Å².